The van der Waals surface area contributed by atoms with Crippen LogP contribution in [0.1, 0.15) is 30.0 Å². The van der Waals surface area contributed by atoms with Gasteiger partial charge in [0.25, 0.3) is 5.89 Å². The summed E-state index contributed by atoms with van der Waals surface area (Å²) in [6.45, 7) is 3.83. The van der Waals surface area contributed by atoms with Crippen molar-refractivity contribution in [3.8, 4) is 29.0 Å². The Hall–Kier alpha value is -3.33. The average Bonchev–Trinajstić information content (AvgIpc) is 3.13. The highest BCUT2D eigenvalue weighted by atomic mass is 16.5. The minimum absolute atomic E-state index is 0.363. The Bertz CT molecular complexity index is 910. The van der Waals surface area contributed by atoms with Crippen molar-refractivity contribution in [3.05, 3.63) is 59.5 Å². The maximum atomic E-state index is 8.96. The Morgan fingerprint density at radius 3 is 2.52 bits per heavy atom. The summed E-state index contributed by atoms with van der Waals surface area (Å²) in [5.74, 6) is 1.78. The SMILES string of the molecule is COc1cc(C#N)ccc1O[C@H](C)c1nnc(-c2ccc(C)cc2)o1. The lowest BCUT2D eigenvalue weighted by Crippen LogP contribution is -2.04. The van der Waals surface area contributed by atoms with Crippen LogP contribution >= 0.6 is 0 Å². The number of aryl methyl sites for hydroxylation is 1. The average molecular weight is 335 g/mol. The highest BCUT2D eigenvalue weighted by molar-refractivity contribution is 5.53. The van der Waals surface area contributed by atoms with Crippen LogP contribution in [0.5, 0.6) is 11.5 Å². The molecular formula is C19H17N3O3. The predicted molar refractivity (Wildman–Crippen MR) is 91.2 cm³/mol. The molecule has 6 heteroatoms. The first-order chi connectivity index (χ1) is 12.1. The third-order valence-corrected chi connectivity index (χ3v) is 3.68. The molecule has 0 unspecified atom stereocenters. The fourth-order valence-corrected chi connectivity index (χ4v) is 2.29. The van der Waals surface area contributed by atoms with Crippen LogP contribution < -0.4 is 9.47 Å². The van der Waals surface area contributed by atoms with Gasteiger partial charge in [-0.2, -0.15) is 5.26 Å². The van der Waals surface area contributed by atoms with Gasteiger partial charge >= 0.3 is 0 Å². The predicted octanol–water partition coefficient (Wildman–Crippen LogP) is 4.07. The van der Waals surface area contributed by atoms with E-state index in [0.717, 1.165) is 11.1 Å². The standard InChI is InChI=1S/C19H17N3O3/c1-12-4-7-15(8-5-12)19-22-21-18(25-19)13(2)24-16-9-6-14(11-20)10-17(16)23-3/h4-10,13H,1-3H3/t13-/m1/s1. The number of hydrogen-bond donors (Lipinski definition) is 0. The minimum atomic E-state index is -0.464. The topological polar surface area (TPSA) is 81.2 Å². The molecular weight excluding hydrogens is 318 g/mol. The van der Waals surface area contributed by atoms with Gasteiger partial charge in [0, 0.05) is 11.6 Å². The molecule has 0 radical (unpaired) electrons. The maximum absolute atomic E-state index is 8.96. The Morgan fingerprint density at radius 2 is 1.84 bits per heavy atom. The van der Waals surface area contributed by atoms with Gasteiger partial charge in [0.15, 0.2) is 17.6 Å². The first-order valence-electron chi connectivity index (χ1n) is 7.76. The van der Waals surface area contributed by atoms with Crippen LogP contribution in [0.2, 0.25) is 0 Å². The van der Waals surface area contributed by atoms with Gasteiger partial charge in [-0.15, -0.1) is 10.2 Å². The molecule has 0 aliphatic heterocycles. The molecule has 1 atom stereocenters. The summed E-state index contributed by atoms with van der Waals surface area (Å²) >= 11 is 0. The zero-order valence-corrected chi connectivity index (χ0v) is 14.2. The molecule has 0 aliphatic carbocycles. The molecule has 6 nitrogen and oxygen atoms in total. The zero-order valence-electron chi connectivity index (χ0n) is 14.2. The van der Waals surface area contributed by atoms with Crippen molar-refractivity contribution in [2.24, 2.45) is 0 Å². The first-order valence-corrected chi connectivity index (χ1v) is 7.76. The van der Waals surface area contributed by atoms with Crippen LogP contribution in [-0.2, 0) is 0 Å². The number of hydrogen-bond acceptors (Lipinski definition) is 6. The van der Waals surface area contributed by atoms with Gasteiger partial charge in [0.05, 0.1) is 18.7 Å². The molecule has 0 amide bonds. The molecule has 0 bridgehead atoms. The minimum Gasteiger partial charge on any atom is -0.493 e. The van der Waals surface area contributed by atoms with E-state index in [1.807, 2.05) is 38.1 Å². The van der Waals surface area contributed by atoms with E-state index in [-0.39, 0.29) is 0 Å². The van der Waals surface area contributed by atoms with Crippen molar-refractivity contribution >= 4 is 0 Å². The van der Waals surface area contributed by atoms with Crippen molar-refractivity contribution in [1.82, 2.24) is 10.2 Å². The molecule has 126 valence electrons. The maximum Gasteiger partial charge on any atom is 0.257 e. The summed E-state index contributed by atoms with van der Waals surface area (Å²) in [5, 5.41) is 17.1. The molecule has 0 fully saturated rings. The fourth-order valence-electron chi connectivity index (χ4n) is 2.29. The van der Waals surface area contributed by atoms with Crippen molar-refractivity contribution < 1.29 is 13.9 Å². The largest absolute Gasteiger partial charge is 0.493 e. The van der Waals surface area contributed by atoms with Crippen LogP contribution in [0.15, 0.2) is 46.9 Å². The molecule has 2 aromatic carbocycles. The van der Waals surface area contributed by atoms with E-state index in [1.54, 1.807) is 18.2 Å². The lowest BCUT2D eigenvalue weighted by Gasteiger charge is -2.14. The van der Waals surface area contributed by atoms with Crippen molar-refractivity contribution in [2.45, 2.75) is 20.0 Å². The van der Waals surface area contributed by atoms with E-state index in [0.29, 0.717) is 28.8 Å². The van der Waals surface area contributed by atoms with Crippen LogP contribution in [-0.4, -0.2) is 17.3 Å². The van der Waals surface area contributed by atoms with Crippen LogP contribution in [0.25, 0.3) is 11.5 Å². The Labute approximate surface area is 145 Å². The summed E-state index contributed by atoms with van der Waals surface area (Å²) in [7, 11) is 1.52. The quantitative estimate of drug-likeness (QED) is 0.699. The normalized spacial score (nSPS) is 11.6. The molecule has 0 saturated carbocycles. The van der Waals surface area contributed by atoms with E-state index in [9.17, 15) is 0 Å². The second-order valence-corrected chi connectivity index (χ2v) is 5.55. The van der Waals surface area contributed by atoms with E-state index >= 15 is 0 Å². The number of nitrogens with zero attached hydrogens (tertiary/aromatic N) is 3. The molecule has 1 aromatic heterocycles. The van der Waals surface area contributed by atoms with Gasteiger partial charge in [-0.05, 0) is 38.1 Å². The molecule has 0 saturated heterocycles. The summed E-state index contributed by atoms with van der Waals surface area (Å²) in [6, 6.07) is 14.9. The highest BCUT2D eigenvalue weighted by Crippen LogP contribution is 2.32. The van der Waals surface area contributed by atoms with Crippen LogP contribution in [0, 0.1) is 18.3 Å². The van der Waals surface area contributed by atoms with Crippen molar-refractivity contribution in [1.29, 1.82) is 5.26 Å². The second kappa shape index (κ2) is 7.05. The summed E-state index contributed by atoms with van der Waals surface area (Å²) in [4.78, 5) is 0. The number of rotatable bonds is 5. The first kappa shape index (κ1) is 16.5. The number of aromatic nitrogens is 2. The highest BCUT2D eigenvalue weighted by Gasteiger charge is 2.18. The molecule has 0 spiro atoms. The smallest absolute Gasteiger partial charge is 0.257 e. The molecule has 25 heavy (non-hydrogen) atoms. The van der Waals surface area contributed by atoms with Gasteiger partial charge in [0.1, 0.15) is 0 Å². The fraction of sp³-hybridized carbons (Fsp3) is 0.211. The van der Waals surface area contributed by atoms with Gasteiger partial charge in [-0.3, -0.25) is 0 Å². The Morgan fingerprint density at radius 1 is 1.08 bits per heavy atom. The number of benzene rings is 2. The zero-order chi connectivity index (χ0) is 17.8. The molecule has 0 aliphatic rings. The lowest BCUT2D eigenvalue weighted by atomic mass is 10.1. The number of ether oxygens (including phenoxy) is 2. The summed E-state index contributed by atoms with van der Waals surface area (Å²) in [6.07, 6.45) is -0.464. The number of methoxy groups -OCH3 is 1. The third-order valence-electron chi connectivity index (χ3n) is 3.68. The second-order valence-electron chi connectivity index (χ2n) is 5.55. The summed E-state index contributed by atoms with van der Waals surface area (Å²) < 4.78 is 16.8. The van der Waals surface area contributed by atoms with E-state index in [1.165, 1.54) is 7.11 Å². The van der Waals surface area contributed by atoms with Crippen molar-refractivity contribution in [3.63, 3.8) is 0 Å². The summed E-state index contributed by atoms with van der Waals surface area (Å²) in [5.41, 5.74) is 2.51. The molecule has 3 aromatic rings. The third kappa shape index (κ3) is 3.61. The number of nitriles is 1. The van der Waals surface area contributed by atoms with Gasteiger partial charge in [0.2, 0.25) is 5.89 Å². The van der Waals surface area contributed by atoms with Gasteiger partial charge in [-0.25, -0.2) is 0 Å². The van der Waals surface area contributed by atoms with Crippen LogP contribution in [0.3, 0.4) is 0 Å². The van der Waals surface area contributed by atoms with Gasteiger partial charge < -0.3 is 13.9 Å². The van der Waals surface area contributed by atoms with E-state index in [4.69, 9.17) is 19.2 Å². The molecule has 1 heterocycles. The Kier molecular flexibility index (Phi) is 4.66. The monoisotopic (exact) mass is 335 g/mol. The Balaban J connectivity index is 1.79. The van der Waals surface area contributed by atoms with Gasteiger partial charge in [-0.1, -0.05) is 17.7 Å². The van der Waals surface area contributed by atoms with E-state index in [2.05, 4.69) is 16.3 Å². The lowest BCUT2D eigenvalue weighted by molar-refractivity contribution is 0.182. The van der Waals surface area contributed by atoms with Crippen molar-refractivity contribution in [2.75, 3.05) is 7.11 Å². The van der Waals surface area contributed by atoms with E-state index < -0.39 is 6.10 Å². The molecule has 3 rings (SSSR count). The molecule has 0 N–H and O–H groups in total. The van der Waals surface area contributed by atoms with Crippen LogP contribution in [0.4, 0.5) is 0 Å².